The molecule has 41 heavy (non-hydrogen) atoms. The van der Waals surface area contributed by atoms with Crippen molar-refractivity contribution in [3.8, 4) is 11.5 Å². The molecule has 3 heterocycles. The van der Waals surface area contributed by atoms with Gasteiger partial charge in [-0.05, 0) is 65.8 Å². The summed E-state index contributed by atoms with van der Waals surface area (Å²) in [6, 6.07) is 33.4. The van der Waals surface area contributed by atoms with E-state index in [4.69, 9.17) is 0 Å². The van der Waals surface area contributed by atoms with E-state index >= 15 is 0 Å². The van der Waals surface area contributed by atoms with Gasteiger partial charge in [0.15, 0.2) is 0 Å². The lowest BCUT2D eigenvalue weighted by molar-refractivity contribution is -0.665. The molecule has 204 valence electrons. The Kier molecular flexibility index (Phi) is 5.66. The number of rotatable bonds is 3. The van der Waals surface area contributed by atoms with Crippen LogP contribution in [-0.2, 0) is 12.5 Å². The van der Waals surface area contributed by atoms with Crippen molar-refractivity contribution in [1.82, 2.24) is 9.13 Å². The van der Waals surface area contributed by atoms with E-state index in [0.29, 0.717) is 5.92 Å². The molecule has 3 heteroatoms. The van der Waals surface area contributed by atoms with Gasteiger partial charge in [-0.1, -0.05) is 83.1 Å². The molecule has 3 aromatic heterocycles. The molecule has 3 nitrogen and oxygen atoms in total. The first-order valence-corrected chi connectivity index (χ1v) is 14.7. The average Bonchev–Trinajstić information content (AvgIpc) is 3.46. The van der Waals surface area contributed by atoms with E-state index in [2.05, 4.69) is 159 Å². The average molecular weight is 537 g/mol. The Morgan fingerprint density at radius 3 is 1.85 bits per heavy atom. The van der Waals surface area contributed by atoms with E-state index in [9.17, 15) is 0 Å². The third-order valence-corrected chi connectivity index (χ3v) is 8.82. The second kappa shape index (κ2) is 9.07. The summed E-state index contributed by atoms with van der Waals surface area (Å²) in [4.78, 5) is 0. The van der Waals surface area contributed by atoms with E-state index in [1.54, 1.807) is 0 Å². The van der Waals surface area contributed by atoms with Crippen molar-refractivity contribution in [2.45, 2.75) is 52.9 Å². The zero-order valence-electron chi connectivity index (χ0n) is 25.2. The Labute approximate surface area is 242 Å². The molecule has 0 aliphatic heterocycles. The summed E-state index contributed by atoms with van der Waals surface area (Å²) < 4.78 is 7.29. The zero-order chi connectivity index (χ0) is 28.6. The van der Waals surface area contributed by atoms with E-state index in [1.165, 1.54) is 71.8 Å². The fraction of sp³-hybridized carbons (Fsp3) is 0.237. The zero-order valence-corrected chi connectivity index (χ0v) is 25.2. The number of aromatic nitrogens is 3. The number of nitrogens with zero attached hydrogens (tertiary/aromatic N) is 3. The highest BCUT2D eigenvalue weighted by Crippen LogP contribution is 2.47. The van der Waals surface area contributed by atoms with Gasteiger partial charge in [-0.15, -0.1) is 0 Å². The van der Waals surface area contributed by atoms with Crippen molar-refractivity contribution in [1.29, 1.82) is 0 Å². The van der Waals surface area contributed by atoms with Gasteiger partial charge >= 0.3 is 0 Å². The minimum Gasteiger partial charge on any atom is -0.309 e. The van der Waals surface area contributed by atoms with E-state index in [1.807, 2.05) is 0 Å². The number of aryl methyl sites for hydroxylation is 2. The fourth-order valence-electron chi connectivity index (χ4n) is 6.94. The van der Waals surface area contributed by atoms with Gasteiger partial charge in [0, 0.05) is 38.9 Å². The van der Waals surface area contributed by atoms with Crippen LogP contribution in [0.1, 0.15) is 57.2 Å². The van der Waals surface area contributed by atoms with E-state index in [0.717, 1.165) is 0 Å². The molecule has 7 aromatic rings. The third-order valence-electron chi connectivity index (χ3n) is 8.82. The molecule has 0 amide bonds. The van der Waals surface area contributed by atoms with Crippen LogP contribution in [0.5, 0.6) is 0 Å². The lowest BCUT2D eigenvalue weighted by Gasteiger charge is -2.20. The molecule has 0 N–H and O–H groups in total. The van der Waals surface area contributed by atoms with Crippen LogP contribution in [0.25, 0.3) is 55.1 Å². The number of pyridine rings is 1. The highest BCUT2D eigenvalue weighted by Gasteiger charge is 2.31. The van der Waals surface area contributed by atoms with Crippen LogP contribution in [0, 0.1) is 6.92 Å². The van der Waals surface area contributed by atoms with Crippen molar-refractivity contribution in [3.05, 3.63) is 114 Å². The Morgan fingerprint density at radius 1 is 0.683 bits per heavy atom. The van der Waals surface area contributed by atoms with Gasteiger partial charge in [0.2, 0.25) is 0 Å². The number of hydrogen-bond acceptors (Lipinski definition) is 0. The topological polar surface area (TPSA) is 13.7 Å². The molecule has 0 aliphatic carbocycles. The van der Waals surface area contributed by atoms with Crippen molar-refractivity contribution < 1.29 is 4.57 Å². The Morgan fingerprint density at radius 2 is 1.24 bits per heavy atom. The lowest BCUT2D eigenvalue weighted by atomic mass is 9.87. The smallest absolute Gasteiger partial charge is 0.286 e. The first-order valence-electron chi connectivity index (χ1n) is 14.7. The SMILES string of the molecule is Cc1c(C(C)C)c2c(c3ccccc3n2-c2ccccc2)c2c3ccccc3n(-c3cc(C(C)(C)C)cc[n+]3C)c12. The highest BCUT2D eigenvalue weighted by molar-refractivity contribution is 6.30. The quantitative estimate of drug-likeness (QED) is 0.200. The summed E-state index contributed by atoms with van der Waals surface area (Å²) in [5.74, 6) is 1.53. The fourth-order valence-corrected chi connectivity index (χ4v) is 6.94. The molecule has 0 unspecified atom stereocenters. The van der Waals surface area contributed by atoms with Crippen molar-refractivity contribution in [2.75, 3.05) is 0 Å². The highest BCUT2D eigenvalue weighted by atomic mass is 15.1. The van der Waals surface area contributed by atoms with Gasteiger partial charge < -0.3 is 4.57 Å². The molecule has 0 aliphatic rings. The van der Waals surface area contributed by atoms with Crippen molar-refractivity contribution in [3.63, 3.8) is 0 Å². The first kappa shape index (κ1) is 25.6. The van der Waals surface area contributed by atoms with Gasteiger partial charge in [0.05, 0.1) is 24.3 Å². The number of para-hydroxylation sites is 3. The molecule has 4 aromatic carbocycles. The summed E-state index contributed by atoms with van der Waals surface area (Å²) in [7, 11) is 2.17. The van der Waals surface area contributed by atoms with Crippen LogP contribution >= 0.6 is 0 Å². The Hall–Kier alpha value is -4.37. The van der Waals surface area contributed by atoms with Crippen molar-refractivity contribution in [2.24, 2.45) is 7.05 Å². The largest absolute Gasteiger partial charge is 0.309 e. The van der Waals surface area contributed by atoms with E-state index in [-0.39, 0.29) is 5.41 Å². The van der Waals surface area contributed by atoms with Crippen LogP contribution in [0.4, 0.5) is 0 Å². The molecule has 0 fully saturated rings. The molecule has 0 atom stereocenters. The number of hydrogen-bond donors (Lipinski definition) is 0. The van der Waals surface area contributed by atoms with Gasteiger partial charge in [-0.3, -0.25) is 0 Å². The second-order valence-corrected chi connectivity index (χ2v) is 12.8. The van der Waals surface area contributed by atoms with Crippen LogP contribution in [0.2, 0.25) is 0 Å². The third kappa shape index (κ3) is 3.68. The first-order chi connectivity index (χ1) is 19.7. The summed E-state index contributed by atoms with van der Waals surface area (Å²) in [6.07, 6.45) is 2.22. The number of fused-ring (bicyclic) bond motifs is 7. The Bertz CT molecular complexity index is 2120. The summed E-state index contributed by atoms with van der Waals surface area (Å²) in [5, 5.41) is 5.28. The molecule has 0 radical (unpaired) electrons. The minimum absolute atomic E-state index is 0.0519. The molecule has 0 spiro atoms. The van der Waals surface area contributed by atoms with Crippen LogP contribution in [0.15, 0.2) is 97.2 Å². The lowest BCUT2D eigenvalue weighted by Crippen LogP contribution is -2.34. The molecule has 0 bridgehead atoms. The predicted molar refractivity (Wildman–Crippen MR) is 174 cm³/mol. The Balaban J connectivity index is 1.79. The second-order valence-electron chi connectivity index (χ2n) is 12.8. The normalized spacial score (nSPS) is 12.5. The molecular formula is C38H38N3+. The predicted octanol–water partition coefficient (Wildman–Crippen LogP) is 9.43. The summed E-state index contributed by atoms with van der Waals surface area (Å²) >= 11 is 0. The maximum atomic E-state index is 2.52. The maximum absolute atomic E-state index is 2.52. The molecule has 7 rings (SSSR count). The molecule has 0 saturated heterocycles. The van der Waals surface area contributed by atoms with E-state index < -0.39 is 0 Å². The standard InChI is InChI=1S/C38H38N3/c1-24(2)33-25(3)36-34(35-28-17-11-13-19-30(28)40(37(33)35)27-15-9-8-10-16-27)29-18-12-14-20-31(29)41(36)32-23-26(38(4,5)6)21-22-39(32)7/h8-24H,1-7H3/q+1. The monoisotopic (exact) mass is 536 g/mol. The molecular weight excluding hydrogens is 498 g/mol. The number of benzene rings is 4. The van der Waals surface area contributed by atoms with Crippen LogP contribution < -0.4 is 4.57 Å². The minimum atomic E-state index is 0.0519. The summed E-state index contributed by atoms with van der Waals surface area (Å²) in [6.45, 7) is 13.9. The van der Waals surface area contributed by atoms with Crippen LogP contribution in [-0.4, -0.2) is 9.13 Å². The van der Waals surface area contributed by atoms with Gasteiger partial charge in [-0.25, -0.2) is 4.57 Å². The van der Waals surface area contributed by atoms with Crippen molar-refractivity contribution >= 4 is 43.6 Å². The maximum Gasteiger partial charge on any atom is 0.286 e. The van der Waals surface area contributed by atoms with Crippen LogP contribution in [0.3, 0.4) is 0 Å². The van der Waals surface area contributed by atoms with Gasteiger partial charge in [-0.2, -0.15) is 4.57 Å². The van der Waals surface area contributed by atoms with Gasteiger partial charge in [0.1, 0.15) is 11.0 Å². The molecule has 0 saturated carbocycles. The summed E-state index contributed by atoms with van der Waals surface area (Å²) in [5.41, 5.74) is 10.5. The van der Waals surface area contributed by atoms with Gasteiger partial charge in [0.25, 0.3) is 5.82 Å².